The number of nitrogens with two attached hydrogens (primary N) is 1. The zero-order valence-electron chi connectivity index (χ0n) is 12.6. The smallest absolute Gasteiger partial charge is 0.131 e. The van der Waals surface area contributed by atoms with Crippen molar-refractivity contribution in [1.29, 1.82) is 0 Å². The molecular weight excluding hydrogens is 268 g/mol. The molecule has 0 aliphatic heterocycles. The lowest BCUT2D eigenvalue weighted by molar-refractivity contribution is 0.297. The molecule has 0 fully saturated rings. The zero-order chi connectivity index (χ0) is 14.7. The first-order chi connectivity index (χ1) is 9.45. The van der Waals surface area contributed by atoms with Crippen LogP contribution >= 0.6 is 11.3 Å². The fourth-order valence-corrected chi connectivity index (χ4v) is 2.98. The largest absolute Gasteiger partial charge is 0.487 e. The van der Waals surface area contributed by atoms with E-state index in [0.717, 1.165) is 34.0 Å². The number of aryl methyl sites for hydroxylation is 3. The Balaban J connectivity index is 2.11. The van der Waals surface area contributed by atoms with Gasteiger partial charge in [0.1, 0.15) is 12.4 Å². The highest BCUT2D eigenvalue weighted by molar-refractivity contribution is 7.09. The van der Waals surface area contributed by atoms with Crippen LogP contribution in [0.1, 0.15) is 34.3 Å². The average molecular weight is 290 g/mol. The first-order valence-electron chi connectivity index (χ1n) is 6.85. The van der Waals surface area contributed by atoms with Crippen molar-refractivity contribution in [3.63, 3.8) is 0 Å². The summed E-state index contributed by atoms with van der Waals surface area (Å²) in [4.78, 5) is 4.42. The number of benzene rings is 1. The molecule has 1 atom stereocenters. The number of ether oxygens (including phenoxy) is 1. The Bertz CT molecular complexity index is 567. The standard InChI is InChI=1S/C16H22N2OS/c1-10-5-14(7-12(3)17)6-11(2)16(10)19-8-15-9-20-13(4)18-15/h5-6,9,12H,7-8,17H2,1-4H3. The van der Waals surface area contributed by atoms with Crippen LogP contribution in [0.4, 0.5) is 0 Å². The summed E-state index contributed by atoms with van der Waals surface area (Å²) in [6, 6.07) is 4.51. The van der Waals surface area contributed by atoms with Gasteiger partial charge in [-0.1, -0.05) is 12.1 Å². The highest BCUT2D eigenvalue weighted by Gasteiger charge is 2.09. The lowest BCUT2D eigenvalue weighted by atomic mass is 10.0. The maximum atomic E-state index is 5.94. The second-order valence-electron chi connectivity index (χ2n) is 5.39. The summed E-state index contributed by atoms with van der Waals surface area (Å²) in [5, 5.41) is 3.12. The highest BCUT2D eigenvalue weighted by atomic mass is 32.1. The molecule has 0 amide bonds. The summed E-state index contributed by atoms with van der Waals surface area (Å²) in [5.41, 5.74) is 10.4. The molecule has 1 aromatic heterocycles. The third-order valence-electron chi connectivity index (χ3n) is 3.11. The maximum Gasteiger partial charge on any atom is 0.131 e. The van der Waals surface area contributed by atoms with E-state index in [-0.39, 0.29) is 6.04 Å². The summed E-state index contributed by atoms with van der Waals surface area (Å²) >= 11 is 1.65. The second kappa shape index (κ2) is 6.37. The van der Waals surface area contributed by atoms with Crippen molar-refractivity contribution in [1.82, 2.24) is 4.98 Å². The zero-order valence-corrected chi connectivity index (χ0v) is 13.4. The Morgan fingerprint density at radius 3 is 2.40 bits per heavy atom. The molecule has 108 valence electrons. The van der Waals surface area contributed by atoms with Crippen molar-refractivity contribution in [3.05, 3.63) is 44.9 Å². The normalized spacial score (nSPS) is 12.4. The number of thiazole rings is 1. The van der Waals surface area contributed by atoms with E-state index in [9.17, 15) is 0 Å². The fourth-order valence-electron chi connectivity index (χ4n) is 2.38. The van der Waals surface area contributed by atoms with Gasteiger partial charge in [0, 0.05) is 11.4 Å². The Hall–Kier alpha value is -1.39. The minimum Gasteiger partial charge on any atom is -0.487 e. The molecule has 20 heavy (non-hydrogen) atoms. The molecular formula is C16H22N2OS. The molecule has 0 bridgehead atoms. The van der Waals surface area contributed by atoms with Gasteiger partial charge in [0.2, 0.25) is 0 Å². The third kappa shape index (κ3) is 3.81. The van der Waals surface area contributed by atoms with Gasteiger partial charge in [0.25, 0.3) is 0 Å². The van der Waals surface area contributed by atoms with Gasteiger partial charge in [-0.15, -0.1) is 11.3 Å². The molecule has 2 N–H and O–H groups in total. The van der Waals surface area contributed by atoms with Crippen LogP contribution in [0.15, 0.2) is 17.5 Å². The van der Waals surface area contributed by atoms with Gasteiger partial charge in [0.15, 0.2) is 0 Å². The van der Waals surface area contributed by atoms with Crippen LogP contribution in [0.5, 0.6) is 5.75 Å². The van der Waals surface area contributed by atoms with Crippen molar-refractivity contribution in [2.45, 2.75) is 46.8 Å². The quantitative estimate of drug-likeness (QED) is 0.916. The molecule has 1 aromatic carbocycles. The van der Waals surface area contributed by atoms with E-state index < -0.39 is 0 Å². The van der Waals surface area contributed by atoms with Crippen LogP contribution in [0.3, 0.4) is 0 Å². The summed E-state index contributed by atoms with van der Waals surface area (Å²) in [5.74, 6) is 0.962. The number of hydrogen-bond donors (Lipinski definition) is 1. The van der Waals surface area contributed by atoms with E-state index in [4.69, 9.17) is 10.5 Å². The summed E-state index contributed by atoms with van der Waals surface area (Å²) in [7, 11) is 0. The molecule has 0 radical (unpaired) electrons. The molecule has 0 aliphatic carbocycles. The fraction of sp³-hybridized carbons (Fsp3) is 0.438. The molecule has 0 spiro atoms. The van der Waals surface area contributed by atoms with Crippen molar-refractivity contribution in [2.75, 3.05) is 0 Å². The minimum atomic E-state index is 0.179. The first kappa shape index (κ1) is 15.0. The molecule has 0 saturated heterocycles. The molecule has 2 rings (SSSR count). The predicted molar refractivity (Wildman–Crippen MR) is 84.5 cm³/mol. The lowest BCUT2D eigenvalue weighted by Gasteiger charge is -2.14. The SMILES string of the molecule is Cc1nc(COc2c(C)cc(CC(C)N)cc2C)cs1. The predicted octanol–water partition coefficient (Wildman–Crippen LogP) is 3.54. The van der Waals surface area contributed by atoms with Gasteiger partial charge in [-0.05, 0) is 50.8 Å². The molecule has 1 heterocycles. The topological polar surface area (TPSA) is 48.1 Å². The molecule has 2 aromatic rings. The van der Waals surface area contributed by atoms with E-state index in [2.05, 4.69) is 31.0 Å². The van der Waals surface area contributed by atoms with Crippen LogP contribution in [0.25, 0.3) is 0 Å². The Morgan fingerprint density at radius 2 is 1.90 bits per heavy atom. The summed E-state index contributed by atoms with van der Waals surface area (Å²) in [6.45, 7) is 8.73. The van der Waals surface area contributed by atoms with Crippen molar-refractivity contribution >= 4 is 11.3 Å². The third-order valence-corrected chi connectivity index (χ3v) is 3.93. The van der Waals surface area contributed by atoms with Crippen LogP contribution in [-0.4, -0.2) is 11.0 Å². The van der Waals surface area contributed by atoms with Crippen LogP contribution in [0, 0.1) is 20.8 Å². The van der Waals surface area contributed by atoms with Gasteiger partial charge in [-0.2, -0.15) is 0 Å². The Morgan fingerprint density at radius 1 is 1.25 bits per heavy atom. The van der Waals surface area contributed by atoms with Gasteiger partial charge in [-0.3, -0.25) is 0 Å². The van der Waals surface area contributed by atoms with Crippen LogP contribution in [-0.2, 0) is 13.0 Å². The molecule has 3 nitrogen and oxygen atoms in total. The Kier molecular flexibility index (Phi) is 4.78. The van der Waals surface area contributed by atoms with Crippen molar-refractivity contribution in [3.8, 4) is 5.75 Å². The number of hydrogen-bond acceptors (Lipinski definition) is 4. The maximum absolute atomic E-state index is 5.94. The number of rotatable bonds is 5. The number of nitrogens with zero attached hydrogens (tertiary/aromatic N) is 1. The molecule has 0 saturated carbocycles. The van der Waals surface area contributed by atoms with Gasteiger partial charge in [-0.25, -0.2) is 4.98 Å². The second-order valence-corrected chi connectivity index (χ2v) is 6.45. The molecule has 1 unspecified atom stereocenters. The first-order valence-corrected chi connectivity index (χ1v) is 7.73. The average Bonchev–Trinajstić information content (AvgIpc) is 2.73. The van der Waals surface area contributed by atoms with E-state index >= 15 is 0 Å². The molecule has 4 heteroatoms. The van der Waals surface area contributed by atoms with E-state index in [0.29, 0.717) is 6.61 Å². The Labute approximate surface area is 124 Å². The van der Waals surface area contributed by atoms with Gasteiger partial charge >= 0.3 is 0 Å². The van der Waals surface area contributed by atoms with Gasteiger partial charge < -0.3 is 10.5 Å². The van der Waals surface area contributed by atoms with E-state index in [1.54, 1.807) is 11.3 Å². The van der Waals surface area contributed by atoms with Crippen molar-refractivity contribution < 1.29 is 4.74 Å². The number of aromatic nitrogens is 1. The lowest BCUT2D eigenvalue weighted by Crippen LogP contribution is -2.18. The monoisotopic (exact) mass is 290 g/mol. The van der Waals surface area contributed by atoms with Crippen LogP contribution in [0.2, 0.25) is 0 Å². The summed E-state index contributed by atoms with van der Waals surface area (Å²) < 4.78 is 5.94. The van der Waals surface area contributed by atoms with Gasteiger partial charge in [0.05, 0.1) is 10.7 Å². The molecule has 0 aliphatic rings. The van der Waals surface area contributed by atoms with Crippen LogP contribution < -0.4 is 10.5 Å². The van der Waals surface area contributed by atoms with Crippen molar-refractivity contribution in [2.24, 2.45) is 5.73 Å². The summed E-state index contributed by atoms with van der Waals surface area (Å²) in [6.07, 6.45) is 0.896. The van der Waals surface area contributed by atoms with E-state index in [1.165, 1.54) is 5.56 Å². The highest BCUT2D eigenvalue weighted by Crippen LogP contribution is 2.26. The minimum absolute atomic E-state index is 0.179. The van der Waals surface area contributed by atoms with E-state index in [1.807, 2.05) is 19.2 Å².